The van der Waals surface area contributed by atoms with Gasteiger partial charge in [-0.1, -0.05) is 27.7 Å². The quantitative estimate of drug-likeness (QED) is 0.321. The highest BCUT2D eigenvalue weighted by Gasteiger charge is 2.08. The molecule has 2 nitrogen and oxygen atoms in total. The van der Waals surface area contributed by atoms with Crippen molar-refractivity contribution in [3.8, 4) is 0 Å². The van der Waals surface area contributed by atoms with Crippen molar-refractivity contribution in [1.29, 1.82) is 0 Å². The van der Waals surface area contributed by atoms with Crippen LogP contribution >= 0.6 is 0 Å². The Morgan fingerprint density at radius 3 is 1.50 bits per heavy atom. The maximum atomic E-state index is 2.73. The average molecular weight is 314 g/mol. The van der Waals surface area contributed by atoms with E-state index in [1.807, 2.05) is 0 Å². The van der Waals surface area contributed by atoms with E-state index in [1.165, 1.54) is 71.1 Å². The SMILES string of the molecule is CC(C)CCCN(CCCCC[N+](C)(C)C)CCCC(C)C. The lowest BCUT2D eigenvalue weighted by molar-refractivity contribution is -0.870. The monoisotopic (exact) mass is 313 g/mol. The number of quaternary nitrogens is 1. The summed E-state index contributed by atoms with van der Waals surface area (Å²) in [5.41, 5.74) is 0. The molecule has 0 N–H and O–H groups in total. The molecule has 0 radical (unpaired) electrons. The molecule has 0 atom stereocenters. The Balaban J connectivity index is 3.89. The maximum Gasteiger partial charge on any atom is 0.0780 e. The second-order valence-electron chi connectivity index (χ2n) is 8.99. The van der Waals surface area contributed by atoms with E-state index in [9.17, 15) is 0 Å². The zero-order valence-corrected chi connectivity index (χ0v) is 16.8. The largest absolute Gasteiger partial charge is 0.331 e. The Bertz CT molecular complexity index is 227. The Morgan fingerprint density at radius 1 is 0.636 bits per heavy atom. The van der Waals surface area contributed by atoms with Crippen molar-refractivity contribution in [2.24, 2.45) is 11.8 Å². The molecule has 0 saturated carbocycles. The van der Waals surface area contributed by atoms with Gasteiger partial charge < -0.3 is 9.38 Å². The van der Waals surface area contributed by atoms with Crippen molar-refractivity contribution >= 4 is 0 Å². The first-order chi connectivity index (χ1) is 10.2. The summed E-state index contributed by atoms with van der Waals surface area (Å²) in [5, 5.41) is 0. The second-order valence-corrected chi connectivity index (χ2v) is 8.99. The molecule has 0 aromatic heterocycles. The summed E-state index contributed by atoms with van der Waals surface area (Å²) in [5.74, 6) is 1.70. The van der Waals surface area contributed by atoms with E-state index < -0.39 is 0 Å². The van der Waals surface area contributed by atoms with Gasteiger partial charge in [0.05, 0.1) is 27.7 Å². The fraction of sp³-hybridized carbons (Fsp3) is 1.00. The van der Waals surface area contributed by atoms with Gasteiger partial charge in [-0.2, -0.15) is 0 Å². The van der Waals surface area contributed by atoms with Gasteiger partial charge >= 0.3 is 0 Å². The van der Waals surface area contributed by atoms with E-state index in [1.54, 1.807) is 0 Å². The van der Waals surface area contributed by atoms with E-state index in [4.69, 9.17) is 0 Å². The van der Waals surface area contributed by atoms with Crippen molar-refractivity contribution in [3.63, 3.8) is 0 Å². The Labute approximate surface area is 141 Å². The van der Waals surface area contributed by atoms with E-state index in [0.29, 0.717) is 0 Å². The molecule has 134 valence electrons. The molecule has 22 heavy (non-hydrogen) atoms. The van der Waals surface area contributed by atoms with E-state index in [0.717, 1.165) is 16.3 Å². The first kappa shape index (κ1) is 21.9. The predicted molar refractivity (Wildman–Crippen MR) is 101 cm³/mol. The van der Waals surface area contributed by atoms with Crippen LogP contribution in [-0.2, 0) is 0 Å². The molecule has 0 saturated heterocycles. The van der Waals surface area contributed by atoms with Crippen LogP contribution in [0.4, 0.5) is 0 Å². The van der Waals surface area contributed by atoms with Gasteiger partial charge in [0, 0.05) is 0 Å². The molecule has 0 bridgehead atoms. The molecule has 0 aromatic rings. The van der Waals surface area contributed by atoms with Gasteiger partial charge in [-0.15, -0.1) is 0 Å². The Morgan fingerprint density at radius 2 is 1.09 bits per heavy atom. The van der Waals surface area contributed by atoms with Crippen LogP contribution in [0.25, 0.3) is 0 Å². The van der Waals surface area contributed by atoms with Crippen molar-refractivity contribution in [3.05, 3.63) is 0 Å². The van der Waals surface area contributed by atoms with E-state index >= 15 is 0 Å². The summed E-state index contributed by atoms with van der Waals surface area (Å²) in [6.07, 6.45) is 9.64. The zero-order valence-electron chi connectivity index (χ0n) is 16.8. The topological polar surface area (TPSA) is 3.24 Å². The fourth-order valence-corrected chi connectivity index (χ4v) is 2.88. The van der Waals surface area contributed by atoms with Crippen LogP contribution in [0, 0.1) is 11.8 Å². The van der Waals surface area contributed by atoms with Crippen LogP contribution in [0.1, 0.15) is 72.6 Å². The third kappa shape index (κ3) is 16.3. The molecule has 0 spiro atoms. The van der Waals surface area contributed by atoms with Gasteiger partial charge in [-0.05, 0) is 76.4 Å². The molecule has 0 unspecified atom stereocenters. The van der Waals surface area contributed by atoms with Gasteiger partial charge in [0.2, 0.25) is 0 Å². The van der Waals surface area contributed by atoms with Crippen molar-refractivity contribution < 1.29 is 4.48 Å². The number of nitrogens with zero attached hydrogens (tertiary/aromatic N) is 2. The van der Waals surface area contributed by atoms with Gasteiger partial charge in [0.25, 0.3) is 0 Å². The lowest BCUT2D eigenvalue weighted by Gasteiger charge is -2.25. The fourth-order valence-electron chi connectivity index (χ4n) is 2.88. The standard InChI is InChI=1S/C20H45N2/c1-19(2)13-11-16-21(17-12-14-20(3)4)15-9-8-10-18-22(5,6)7/h19-20H,8-18H2,1-7H3/q+1. The van der Waals surface area contributed by atoms with E-state index in [-0.39, 0.29) is 0 Å². The maximum absolute atomic E-state index is 2.73. The smallest absolute Gasteiger partial charge is 0.0780 e. The number of hydrogen-bond acceptors (Lipinski definition) is 1. The number of hydrogen-bond donors (Lipinski definition) is 0. The van der Waals surface area contributed by atoms with Crippen LogP contribution in [0.2, 0.25) is 0 Å². The molecule has 0 aromatic carbocycles. The van der Waals surface area contributed by atoms with Gasteiger partial charge in [-0.25, -0.2) is 0 Å². The molecule has 0 aliphatic carbocycles. The summed E-state index contributed by atoms with van der Waals surface area (Å²) < 4.78 is 1.10. The van der Waals surface area contributed by atoms with Crippen molar-refractivity contribution in [2.75, 3.05) is 47.3 Å². The zero-order chi connectivity index (χ0) is 17.0. The summed E-state index contributed by atoms with van der Waals surface area (Å²) in [4.78, 5) is 2.73. The summed E-state index contributed by atoms with van der Waals surface area (Å²) >= 11 is 0. The molecular formula is C20H45N2+. The van der Waals surface area contributed by atoms with Gasteiger partial charge in [-0.3, -0.25) is 0 Å². The third-order valence-electron chi connectivity index (χ3n) is 4.31. The molecule has 2 heteroatoms. The van der Waals surface area contributed by atoms with Crippen molar-refractivity contribution in [2.45, 2.75) is 72.6 Å². The van der Waals surface area contributed by atoms with Gasteiger partial charge in [0.1, 0.15) is 0 Å². The second kappa shape index (κ2) is 12.4. The first-order valence-corrected chi connectivity index (χ1v) is 9.73. The number of rotatable bonds is 14. The highest BCUT2D eigenvalue weighted by atomic mass is 15.3. The lowest BCUT2D eigenvalue weighted by Crippen LogP contribution is -2.35. The van der Waals surface area contributed by atoms with Crippen molar-refractivity contribution in [1.82, 2.24) is 4.90 Å². The molecule has 0 aliphatic heterocycles. The summed E-state index contributed by atoms with van der Waals surface area (Å²) in [6.45, 7) is 14.6. The molecule has 0 rings (SSSR count). The summed E-state index contributed by atoms with van der Waals surface area (Å²) in [7, 11) is 6.89. The minimum Gasteiger partial charge on any atom is -0.331 e. The molecule has 0 aliphatic rings. The van der Waals surface area contributed by atoms with Crippen LogP contribution in [0.3, 0.4) is 0 Å². The predicted octanol–water partition coefficient (Wildman–Crippen LogP) is 5.04. The number of unbranched alkanes of at least 4 members (excludes halogenated alkanes) is 2. The molecular weight excluding hydrogens is 268 g/mol. The molecule has 0 amide bonds. The van der Waals surface area contributed by atoms with E-state index in [2.05, 4.69) is 53.7 Å². The first-order valence-electron chi connectivity index (χ1n) is 9.73. The summed E-state index contributed by atoms with van der Waals surface area (Å²) in [6, 6.07) is 0. The van der Waals surface area contributed by atoms with Crippen LogP contribution in [0.15, 0.2) is 0 Å². The highest BCUT2D eigenvalue weighted by molar-refractivity contribution is 4.61. The third-order valence-corrected chi connectivity index (χ3v) is 4.31. The normalized spacial score (nSPS) is 12.8. The Hall–Kier alpha value is -0.0800. The lowest BCUT2D eigenvalue weighted by atomic mass is 10.1. The van der Waals surface area contributed by atoms with Crippen LogP contribution in [-0.4, -0.2) is 56.7 Å². The van der Waals surface area contributed by atoms with Crippen LogP contribution < -0.4 is 0 Å². The average Bonchev–Trinajstić information content (AvgIpc) is 2.35. The Kier molecular flexibility index (Phi) is 12.3. The molecule has 0 heterocycles. The minimum absolute atomic E-state index is 0.849. The van der Waals surface area contributed by atoms with Crippen LogP contribution in [0.5, 0.6) is 0 Å². The minimum atomic E-state index is 0.849. The highest BCUT2D eigenvalue weighted by Crippen LogP contribution is 2.10. The molecule has 0 fully saturated rings. The van der Waals surface area contributed by atoms with Gasteiger partial charge in [0.15, 0.2) is 0 Å².